The first-order chi connectivity index (χ1) is 11.1. The Hall–Kier alpha value is -2.41. The van der Waals surface area contributed by atoms with Gasteiger partial charge in [-0.3, -0.25) is 4.79 Å². The zero-order chi connectivity index (χ0) is 16.0. The van der Waals surface area contributed by atoms with Crippen LogP contribution in [0, 0.1) is 5.82 Å². The van der Waals surface area contributed by atoms with Crippen LogP contribution in [-0.2, 0) is 4.79 Å². The maximum atomic E-state index is 14.4. The molecule has 118 valence electrons. The summed E-state index contributed by atoms with van der Waals surface area (Å²) in [7, 11) is 0. The van der Waals surface area contributed by atoms with Crippen LogP contribution in [0.5, 0.6) is 0 Å². The number of hydrogen-bond donors (Lipinski definition) is 2. The first-order valence-electron chi connectivity index (χ1n) is 7.21. The number of anilines is 2. The van der Waals surface area contributed by atoms with E-state index >= 15 is 0 Å². The first-order valence-corrected chi connectivity index (χ1v) is 7.58. The molecule has 1 atom stereocenters. The van der Waals surface area contributed by atoms with Gasteiger partial charge in [0.05, 0.1) is 6.04 Å². The Kier molecular flexibility index (Phi) is 3.30. The average molecular weight is 335 g/mol. The highest BCUT2D eigenvalue weighted by Gasteiger charge is 2.35. The molecule has 0 amide bonds. The highest BCUT2D eigenvalue weighted by atomic mass is 35.5. The minimum absolute atomic E-state index is 0.0299. The summed E-state index contributed by atoms with van der Waals surface area (Å²) in [6, 6.07) is 3.57. The minimum Gasteiger partial charge on any atom is -0.353 e. The van der Waals surface area contributed by atoms with E-state index in [4.69, 9.17) is 16.2 Å². The second-order valence-electron chi connectivity index (χ2n) is 5.50. The van der Waals surface area contributed by atoms with Crippen LogP contribution in [-0.4, -0.2) is 16.1 Å². The molecule has 0 bridgehead atoms. The molecule has 0 saturated carbocycles. The number of carbonyl (C=O) groups is 1. The van der Waals surface area contributed by atoms with Crippen LogP contribution in [0.25, 0.3) is 0 Å². The molecule has 2 heterocycles. The highest BCUT2D eigenvalue weighted by molar-refractivity contribution is 6.30. The van der Waals surface area contributed by atoms with Crippen molar-refractivity contribution in [3.63, 3.8) is 0 Å². The number of hydrogen-bond acceptors (Lipinski definition) is 6. The lowest BCUT2D eigenvalue weighted by Crippen LogP contribution is -2.24. The van der Waals surface area contributed by atoms with E-state index in [0.29, 0.717) is 40.8 Å². The van der Waals surface area contributed by atoms with E-state index in [1.807, 2.05) is 0 Å². The SMILES string of the molecule is O=C1CCCC2=C1C(c1cc(Cl)ccc1F)Nc1nonc1N2. The first kappa shape index (κ1) is 14.2. The molecule has 1 aliphatic carbocycles. The Labute approximate surface area is 135 Å². The van der Waals surface area contributed by atoms with Gasteiger partial charge in [0.1, 0.15) is 5.82 Å². The number of Topliss-reactive ketones (excluding diaryl/α,β-unsaturated/α-hetero) is 1. The molecule has 2 aliphatic rings. The standard InChI is InChI=1S/C15H12ClFN4O2/c16-7-4-5-9(17)8(6-7)13-12-10(2-1-3-11(12)22)18-14-15(19-13)21-23-20-14/h4-6,13H,1-3H2,(H,18,20)(H,19,21). The number of fused-ring (bicyclic) bond motifs is 1. The maximum Gasteiger partial charge on any atom is 0.219 e. The summed E-state index contributed by atoms with van der Waals surface area (Å²) in [4.78, 5) is 12.5. The van der Waals surface area contributed by atoms with Crippen molar-refractivity contribution >= 4 is 29.0 Å². The molecule has 0 radical (unpaired) electrons. The Balaban J connectivity index is 1.91. The van der Waals surface area contributed by atoms with Crippen molar-refractivity contribution in [2.24, 2.45) is 0 Å². The second-order valence-corrected chi connectivity index (χ2v) is 5.94. The van der Waals surface area contributed by atoms with Gasteiger partial charge in [0.15, 0.2) is 5.78 Å². The number of allylic oxidation sites excluding steroid dienone is 1. The number of halogens is 2. The average Bonchev–Trinajstić information content (AvgIpc) is 2.89. The Morgan fingerprint density at radius 2 is 2.09 bits per heavy atom. The van der Waals surface area contributed by atoms with Gasteiger partial charge in [-0.15, -0.1) is 0 Å². The fourth-order valence-electron chi connectivity index (χ4n) is 3.01. The highest BCUT2D eigenvalue weighted by Crippen LogP contribution is 2.40. The van der Waals surface area contributed by atoms with E-state index in [0.717, 1.165) is 6.42 Å². The van der Waals surface area contributed by atoms with Crippen LogP contribution in [0.3, 0.4) is 0 Å². The van der Waals surface area contributed by atoms with E-state index in [1.54, 1.807) is 0 Å². The summed E-state index contributed by atoms with van der Waals surface area (Å²) < 4.78 is 19.1. The van der Waals surface area contributed by atoms with Crippen molar-refractivity contribution in [3.05, 3.63) is 45.9 Å². The molecular weight excluding hydrogens is 323 g/mol. The van der Waals surface area contributed by atoms with Crippen LogP contribution >= 0.6 is 11.6 Å². The molecule has 1 unspecified atom stereocenters. The van der Waals surface area contributed by atoms with Gasteiger partial charge in [0.2, 0.25) is 11.6 Å². The lowest BCUT2D eigenvalue weighted by Gasteiger charge is -2.25. The Bertz CT molecular complexity index is 833. The summed E-state index contributed by atoms with van der Waals surface area (Å²) in [5.41, 5.74) is 1.50. The number of rotatable bonds is 1. The lowest BCUT2D eigenvalue weighted by atomic mass is 9.86. The van der Waals surface area contributed by atoms with Gasteiger partial charge in [-0.1, -0.05) is 11.6 Å². The summed E-state index contributed by atoms with van der Waals surface area (Å²) in [5, 5.41) is 14.1. The molecule has 2 aromatic rings. The van der Waals surface area contributed by atoms with Gasteiger partial charge in [-0.05, 0) is 41.4 Å². The summed E-state index contributed by atoms with van der Waals surface area (Å²) >= 11 is 6.01. The van der Waals surface area contributed by atoms with Crippen LogP contribution < -0.4 is 10.6 Å². The Morgan fingerprint density at radius 1 is 1.26 bits per heavy atom. The third-order valence-corrected chi connectivity index (χ3v) is 4.29. The number of carbonyl (C=O) groups excluding carboxylic acids is 1. The minimum atomic E-state index is -0.697. The number of aromatic nitrogens is 2. The molecule has 23 heavy (non-hydrogen) atoms. The van der Waals surface area contributed by atoms with Crippen LogP contribution in [0.4, 0.5) is 16.0 Å². The summed E-state index contributed by atoms with van der Waals surface area (Å²) in [5.74, 6) is 0.239. The van der Waals surface area contributed by atoms with Crippen molar-refractivity contribution in [3.8, 4) is 0 Å². The van der Waals surface area contributed by atoms with Crippen molar-refractivity contribution in [1.82, 2.24) is 10.3 Å². The third kappa shape index (κ3) is 2.37. The summed E-state index contributed by atoms with van der Waals surface area (Å²) in [6.07, 6.45) is 1.83. The zero-order valence-corrected chi connectivity index (χ0v) is 12.7. The number of benzene rings is 1. The van der Waals surface area contributed by atoms with Crippen molar-refractivity contribution < 1.29 is 13.8 Å². The molecule has 4 rings (SSSR count). The molecule has 0 fully saturated rings. The van der Waals surface area contributed by atoms with E-state index in [1.165, 1.54) is 18.2 Å². The van der Waals surface area contributed by atoms with Gasteiger partial charge in [-0.2, -0.15) is 0 Å². The van der Waals surface area contributed by atoms with Crippen molar-refractivity contribution in [2.45, 2.75) is 25.3 Å². The normalized spacial score (nSPS) is 20.3. The smallest absolute Gasteiger partial charge is 0.219 e. The fraction of sp³-hybridized carbons (Fsp3) is 0.267. The van der Waals surface area contributed by atoms with Crippen LogP contribution in [0.15, 0.2) is 34.1 Å². The zero-order valence-electron chi connectivity index (χ0n) is 11.9. The number of ketones is 1. The predicted molar refractivity (Wildman–Crippen MR) is 81.6 cm³/mol. The Morgan fingerprint density at radius 3 is 2.96 bits per heavy atom. The largest absolute Gasteiger partial charge is 0.353 e. The molecular formula is C15H12ClFN4O2. The van der Waals surface area contributed by atoms with Gasteiger partial charge in [-0.25, -0.2) is 9.02 Å². The second kappa shape index (κ2) is 5.34. The van der Waals surface area contributed by atoms with E-state index < -0.39 is 11.9 Å². The molecule has 0 spiro atoms. The van der Waals surface area contributed by atoms with Crippen molar-refractivity contribution in [2.75, 3.05) is 10.6 Å². The molecule has 6 nitrogen and oxygen atoms in total. The predicted octanol–water partition coefficient (Wildman–Crippen LogP) is 3.45. The molecule has 0 saturated heterocycles. The van der Waals surface area contributed by atoms with Gasteiger partial charge in [0, 0.05) is 28.3 Å². The van der Waals surface area contributed by atoms with E-state index in [2.05, 4.69) is 20.9 Å². The van der Waals surface area contributed by atoms with Gasteiger partial charge >= 0.3 is 0 Å². The van der Waals surface area contributed by atoms with Gasteiger partial charge in [0.25, 0.3) is 0 Å². The lowest BCUT2D eigenvalue weighted by molar-refractivity contribution is -0.116. The number of nitrogens with zero attached hydrogens (tertiary/aromatic N) is 2. The van der Waals surface area contributed by atoms with E-state index in [-0.39, 0.29) is 11.3 Å². The van der Waals surface area contributed by atoms with E-state index in [9.17, 15) is 9.18 Å². The molecule has 1 aromatic heterocycles. The van der Waals surface area contributed by atoms with Crippen LogP contribution in [0.1, 0.15) is 30.9 Å². The van der Waals surface area contributed by atoms with Crippen molar-refractivity contribution in [1.29, 1.82) is 0 Å². The third-order valence-electron chi connectivity index (χ3n) is 4.05. The molecule has 1 aliphatic heterocycles. The van der Waals surface area contributed by atoms with Crippen LogP contribution in [0.2, 0.25) is 5.02 Å². The monoisotopic (exact) mass is 334 g/mol. The molecule has 8 heteroatoms. The summed E-state index contributed by atoms with van der Waals surface area (Å²) in [6.45, 7) is 0. The molecule has 1 aromatic carbocycles. The topological polar surface area (TPSA) is 80.1 Å². The fourth-order valence-corrected chi connectivity index (χ4v) is 3.20. The number of nitrogens with one attached hydrogen (secondary N) is 2. The maximum absolute atomic E-state index is 14.4. The van der Waals surface area contributed by atoms with Gasteiger partial charge < -0.3 is 10.6 Å². The molecule has 2 N–H and O–H groups in total. The quantitative estimate of drug-likeness (QED) is 0.831.